The molecule has 96 heavy (non-hydrogen) atoms. The van der Waals surface area contributed by atoms with Gasteiger partial charge in [-0.2, -0.15) is 0 Å². The van der Waals surface area contributed by atoms with Crippen LogP contribution in [-0.4, -0.2) is 148 Å². The van der Waals surface area contributed by atoms with E-state index in [4.69, 9.17) is 23.7 Å². The van der Waals surface area contributed by atoms with Crippen molar-refractivity contribution < 1.29 is 146 Å². The molecule has 29 heteroatoms. The van der Waals surface area contributed by atoms with Crippen molar-refractivity contribution in [2.45, 2.75) is 73.0 Å². The molecule has 0 aromatic heterocycles. The zero-order valence-corrected chi connectivity index (χ0v) is 48.7. The first kappa shape index (κ1) is 62.3. The smallest absolute Gasteiger partial charge is 0.338 e. The number of hydrogen-bond donors (Lipinski definition) is 23. The van der Waals surface area contributed by atoms with Gasteiger partial charge >= 0.3 is 5.97 Å². The molecule has 13 rings (SSSR count). The number of ether oxygens (including phenoxy) is 5. The van der Waals surface area contributed by atoms with E-state index in [1.54, 1.807) is 0 Å². The average Bonchev–Trinajstić information content (AvgIpc) is 0.709. The molecule has 0 amide bonds. The van der Waals surface area contributed by atoms with Crippen molar-refractivity contribution in [3.8, 4) is 138 Å². The zero-order chi connectivity index (χ0) is 68.7. The van der Waals surface area contributed by atoms with Crippen LogP contribution in [0.3, 0.4) is 0 Å². The Balaban J connectivity index is 1.14. The van der Waals surface area contributed by atoms with Crippen LogP contribution in [0.1, 0.15) is 114 Å². The van der Waals surface area contributed by atoms with Crippen LogP contribution in [0.5, 0.6) is 138 Å². The quantitative estimate of drug-likeness (QED) is 0.0536. The summed E-state index contributed by atoms with van der Waals surface area (Å²) in [7, 11) is 0. The van der Waals surface area contributed by atoms with Gasteiger partial charge in [-0.25, -0.2) is 4.79 Å². The summed E-state index contributed by atoms with van der Waals surface area (Å²) in [5.41, 5.74) is -5.78. The number of benzene rings is 9. The fourth-order valence-electron chi connectivity index (χ4n) is 13.3. The van der Waals surface area contributed by atoms with Gasteiger partial charge in [-0.3, -0.25) is 0 Å². The molecule has 496 valence electrons. The van der Waals surface area contributed by atoms with E-state index in [2.05, 4.69) is 0 Å². The Labute approximate surface area is 537 Å². The van der Waals surface area contributed by atoms with Crippen molar-refractivity contribution in [2.24, 2.45) is 0 Å². The van der Waals surface area contributed by atoms with Crippen molar-refractivity contribution >= 4 is 5.97 Å². The highest BCUT2D eigenvalue weighted by atomic mass is 16.6. The van der Waals surface area contributed by atoms with Crippen LogP contribution in [-0.2, 0) is 11.2 Å². The molecule has 0 fully saturated rings. The van der Waals surface area contributed by atoms with Gasteiger partial charge in [0.2, 0.25) is 0 Å². The molecule has 0 aliphatic carbocycles. The molecule has 4 aliphatic heterocycles. The minimum atomic E-state index is -2.40. The van der Waals surface area contributed by atoms with Gasteiger partial charge in [0.1, 0.15) is 87.3 Å². The molecule has 4 aliphatic rings. The lowest BCUT2D eigenvalue weighted by Gasteiger charge is -2.45. The number of carbonyl (C=O) groups excluding carboxylic acids is 1. The fraction of sp³-hybridized carbons (Fsp3) is 0.179. The van der Waals surface area contributed by atoms with Crippen LogP contribution in [0.4, 0.5) is 0 Å². The van der Waals surface area contributed by atoms with Crippen LogP contribution in [0.15, 0.2) is 109 Å². The number of esters is 1. The molecule has 0 saturated heterocycles. The Morgan fingerprint density at radius 2 is 0.708 bits per heavy atom. The number of rotatable bonds is 9. The standard InChI is InChI=1S/C67H54O29/c68-25-14-34(76)46-45(15-25)92-60(21-2-5-28(70)32(74)8-21)57(89)52(46)48-36(78)18-39(81)51-54(66(96-67(91)24-12-42(84)56(88)43(85)13-24)62(95-65(48)51)23-10-40(82)55(87)41(83)11-23)50-38(80)19-37(79)49-53(58(90)61(94-64(49)50)22-3-6-29(71)33(75)9-22)47-35(77)17-30(72)26-16-44(86)59(93-63(26)47)20-1-4-27(69)31(73)7-20/h1-15,17-19,44,52-54,57-62,66,68-90H,16H2/t44-,52+,53-,54-,57+,58+,59+,60+,61+,62+,66+/m0/s1. The summed E-state index contributed by atoms with van der Waals surface area (Å²) in [4.78, 5) is 15.0. The molecule has 11 atom stereocenters. The van der Waals surface area contributed by atoms with E-state index >= 15 is 4.79 Å². The Kier molecular flexibility index (Phi) is 14.7. The SMILES string of the molecule is O=C(O[C@@H]1[C@@H](c2c(O)cc(O)c3c2O[C@H](c2ccc(O)c(O)c2)[C@H](O)[C@H]3c2c(O)cc(O)c3c2O[C@H](c2ccc(O)c(O)c2)[C@@H](O)C3)c2c(O)cc(O)c([C@H]3c4c(O)cc(O)cc4O[C@H](c4ccc(O)c(O)c4)[C@@H]3O)c2O[C@@H]1c1cc(O)c(O)c(O)c1)c1cc(O)c(O)c(O)c1. The third-order valence-electron chi connectivity index (χ3n) is 17.6. The van der Waals surface area contributed by atoms with Crippen LogP contribution in [0, 0.1) is 0 Å². The normalized spacial score (nSPS) is 22.3. The lowest BCUT2D eigenvalue weighted by Crippen LogP contribution is -2.41. The van der Waals surface area contributed by atoms with Crippen LogP contribution in [0.2, 0.25) is 0 Å². The van der Waals surface area contributed by atoms with Gasteiger partial charge in [0.15, 0.2) is 93.4 Å². The van der Waals surface area contributed by atoms with E-state index in [1.165, 1.54) is 12.1 Å². The van der Waals surface area contributed by atoms with Crippen LogP contribution >= 0.6 is 0 Å². The van der Waals surface area contributed by atoms with Crippen molar-refractivity contribution in [1.82, 2.24) is 0 Å². The first-order valence-electron chi connectivity index (χ1n) is 28.8. The molecular weight excluding hydrogens is 1270 g/mol. The topological polar surface area (TPSA) is 529 Å². The maximum atomic E-state index is 15.0. The Morgan fingerprint density at radius 1 is 0.333 bits per heavy atom. The number of hydrogen-bond acceptors (Lipinski definition) is 29. The molecule has 0 spiro atoms. The minimum absolute atomic E-state index is 0.00415. The maximum absolute atomic E-state index is 15.0. The summed E-state index contributed by atoms with van der Waals surface area (Å²) >= 11 is 0. The number of aliphatic hydroxyl groups is 3. The summed E-state index contributed by atoms with van der Waals surface area (Å²) in [6.45, 7) is 0. The van der Waals surface area contributed by atoms with E-state index < -0.39 is 261 Å². The summed E-state index contributed by atoms with van der Waals surface area (Å²) in [5.74, 6) is -28.7. The van der Waals surface area contributed by atoms with E-state index in [0.29, 0.717) is 24.3 Å². The van der Waals surface area contributed by atoms with Crippen molar-refractivity contribution in [3.05, 3.63) is 176 Å². The van der Waals surface area contributed by atoms with E-state index in [-0.39, 0.29) is 22.3 Å². The first-order valence-corrected chi connectivity index (χ1v) is 28.8. The molecular formula is C67H54O29. The van der Waals surface area contributed by atoms with Crippen LogP contribution < -0.4 is 18.9 Å². The fourth-order valence-corrected chi connectivity index (χ4v) is 13.3. The lowest BCUT2D eigenvalue weighted by atomic mass is 9.72. The number of aromatic hydroxyl groups is 20. The Morgan fingerprint density at radius 3 is 1.19 bits per heavy atom. The number of phenolic OH excluding ortho intramolecular Hbond substituents is 20. The Hall–Kier alpha value is -12.5. The molecule has 0 unspecified atom stereocenters. The van der Waals surface area contributed by atoms with Crippen molar-refractivity contribution in [1.29, 1.82) is 0 Å². The monoisotopic (exact) mass is 1320 g/mol. The number of phenols is 20. The van der Waals surface area contributed by atoms with Gasteiger partial charge in [-0.15, -0.1) is 0 Å². The van der Waals surface area contributed by atoms with Crippen molar-refractivity contribution in [2.75, 3.05) is 0 Å². The molecule has 0 bridgehead atoms. The predicted octanol–water partition coefficient (Wildman–Crippen LogP) is 6.58. The summed E-state index contributed by atoms with van der Waals surface area (Å²) in [6.07, 6.45) is -16.4. The highest BCUT2D eigenvalue weighted by molar-refractivity contribution is 5.91. The maximum Gasteiger partial charge on any atom is 0.338 e. The second kappa shape index (κ2) is 22.7. The second-order valence-corrected chi connectivity index (χ2v) is 23.4. The zero-order valence-electron chi connectivity index (χ0n) is 48.7. The number of aliphatic hydroxyl groups excluding tert-OH is 3. The van der Waals surface area contributed by atoms with E-state index in [1.807, 2.05) is 0 Å². The largest absolute Gasteiger partial charge is 0.508 e. The molecule has 0 radical (unpaired) electrons. The molecule has 9 aromatic carbocycles. The van der Waals surface area contributed by atoms with Gasteiger partial charge in [-0.1, -0.05) is 18.2 Å². The lowest BCUT2D eigenvalue weighted by molar-refractivity contribution is -0.0308. The highest BCUT2D eigenvalue weighted by Crippen LogP contribution is 2.66. The second-order valence-electron chi connectivity index (χ2n) is 23.4. The first-order chi connectivity index (χ1) is 45.5. The van der Waals surface area contributed by atoms with Gasteiger partial charge < -0.3 is 141 Å². The van der Waals surface area contributed by atoms with Crippen molar-refractivity contribution in [3.63, 3.8) is 0 Å². The average molecular weight is 1320 g/mol. The molecule has 0 saturated carbocycles. The van der Waals surface area contributed by atoms with E-state index in [9.17, 15) is 117 Å². The van der Waals surface area contributed by atoms with Crippen LogP contribution in [0.25, 0.3) is 0 Å². The molecule has 23 N–H and O–H groups in total. The number of fused-ring (bicyclic) bond motifs is 4. The number of carbonyl (C=O) groups is 1. The van der Waals surface area contributed by atoms with Gasteiger partial charge in [0.25, 0.3) is 0 Å². The highest BCUT2D eigenvalue weighted by Gasteiger charge is 2.55. The summed E-state index contributed by atoms with van der Waals surface area (Å²) in [6, 6.07) is 16.2. The Bertz CT molecular complexity index is 4690. The van der Waals surface area contributed by atoms with Gasteiger partial charge in [0.05, 0.1) is 29.4 Å². The summed E-state index contributed by atoms with van der Waals surface area (Å²) < 4.78 is 32.4. The molecule has 4 heterocycles. The molecule has 29 nitrogen and oxygen atoms in total. The van der Waals surface area contributed by atoms with Gasteiger partial charge in [-0.05, 0) is 77.4 Å². The van der Waals surface area contributed by atoms with Gasteiger partial charge in [0, 0.05) is 81.3 Å². The molecule has 9 aromatic rings. The third kappa shape index (κ3) is 9.95. The summed E-state index contributed by atoms with van der Waals surface area (Å²) in [5, 5.41) is 264. The van der Waals surface area contributed by atoms with E-state index in [0.717, 1.165) is 72.8 Å². The minimum Gasteiger partial charge on any atom is -0.508 e. The predicted molar refractivity (Wildman–Crippen MR) is 321 cm³/mol. The third-order valence-corrected chi connectivity index (χ3v) is 17.6.